The summed E-state index contributed by atoms with van der Waals surface area (Å²) >= 11 is 0. The highest BCUT2D eigenvalue weighted by molar-refractivity contribution is 6.09. The molecular formula is C16H21NO3. The van der Waals surface area contributed by atoms with Crippen LogP contribution >= 0.6 is 0 Å². The Labute approximate surface area is 119 Å². The predicted molar refractivity (Wildman–Crippen MR) is 77.8 cm³/mol. The van der Waals surface area contributed by atoms with E-state index in [0.29, 0.717) is 12.8 Å². The summed E-state index contributed by atoms with van der Waals surface area (Å²) in [6.07, 6.45) is 1.65. The topological polar surface area (TPSA) is 66.4 Å². The van der Waals surface area contributed by atoms with Crippen LogP contribution < -0.4 is 5.32 Å². The summed E-state index contributed by atoms with van der Waals surface area (Å²) < 4.78 is 0. The van der Waals surface area contributed by atoms with Gasteiger partial charge in [0.2, 0.25) is 5.91 Å². The summed E-state index contributed by atoms with van der Waals surface area (Å²) in [5.74, 6) is -1.12. The fourth-order valence-electron chi connectivity index (χ4n) is 2.64. The van der Waals surface area contributed by atoms with Gasteiger partial charge in [0, 0.05) is 5.69 Å². The summed E-state index contributed by atoms with van der Waals surface area (Å²) in [7, 11) is 0. The number of aliphatic carboxylic acids is 1. The normalized spacial score (nSPS) is 16.6. The van der Waals surface area contributed by atoms with Crippen molar-refractivity contribution in [2.24, 2.45) is 5.41 Å². The number of carbonyl (C=O) groups is 2. The Morgan fingerprint density at radius 3 is 2.40 bits per heavy atom. The Balaban J connectivity index is 2.31. The molecule has 1 fully saturated rings. The molecule has 0 aromatic heterocycles. The number of aryl methyl sites for hydroxylation is 1. The minimum absolute atomic E-state index is 0.271. The second-order valence-corrected chi connectivity index (χ2v) is 5.89. The zero-order chi connectivity index (χ0) is 14.9. The van der Waals surface area contributed by atoms with E-state index in [1.165, 1.54) is 0 Å². The molecule has 2 rings (SSSR count). The molecule has 0 saturated heterocycles. The number of carboxylic acid groups (broad SMARTS) is 1. The molecule has 1 saturated carbocycles. The predicted octanol–water partition coefficient (Wildman–Crippen LogP) is 3.31. The number of amides is 1. The van der Waals surface area contributed by atoms with Gasteiger partial charge in [0.15, 0.2) is 0 Å². The van der Waals surface area contributed by atoms with Gasteiger partial charge in [0.25, 0.3) is 0 Å². The van der Waals surface area contributed by atoms with Crippen molar-refractivity contribution in [2.75, 3.05) is 5.32 Å². The van der Waals surface area contributed by atoms with Crippen LogP contribution in [0, 0.1) is 12.3 Å². The second kappa shape index (κ2) is 5.27. The zero-order valence-electron chi connectivity index (χ0n) is 12.2. The second-order valence-electron chi connectivity index (χ2n) is 5.89. The Bertz CT molecular complexity index is 545. The quantitative estimate of drug-likeness (QED) is 0.828. The Hall–Kier alpha value is -1.84. The monoisotopic (exact) mass is 275 g/mol. The van der Waals surface area contributed by atoms with Gasteiger partial charge in [-0.1, -0.05) is 38.5 Å². The molecular weight excluding hydrogens is 254 g/mol. The summed E-state index contributed by atoms with van der Waals surface area (Å²) in [6, 6.07) is 5.85. The van der Waals surface area contributed by atoms with Gasteiger partial charge in [-0.3, -0.25) is 9.59 Å². The first kappa shape index (κ1) is 14.6. The van der Waals surface area contributed by atoms with Gasteiger partial charge in [-0.05, 0) is 36.8 Å². The maximum absolute atomic E-state index is 12.4. The van der Waals surface area contributed by atoms with Crippen molar-refractivity contribution in [3.63, 3.8) is 0 Å². The third-order valence-corrected chi connectivity index (χ3v) is 4.22. The minimum atomic E-state index is -1.23. The smallest absolute Gasteiger partial charge is 0.319 e. The van der Waals surface area contributed by atoms with Crippen molar-refractivity contribution in [3.8, 4) is 0 Å². The van der Waals surface area contributed by atoms with E-state index in [1.54, 1.807) is 0 Å². The number of nitrogens with one attached hydrogen (secondary N) is 1. The SMILES string of the molecule is Cc1cccc(C(C)C)c1NC(=O)C1(C(=O)O)CCC1. The van der Waals surface area contributed by atoms with Crippen molar-refractivity contribution < 1.29 is 14.7 Å². The third kappa shape index (κ3) is 2.30. The van der Waals surface area contributed by atoms with E-state index in [4.69, 9.17) is 0 Å². The molecule has 1 aromatic carbocycles. The molecule has 1 aliphatic carbocycles. The van der Waals surface area contributed by atoms with Crippen LogP contribution in [0.3, 0.4) is 0 Å². The van der Waals surface area contributed by atoms with E-state index < -0.39 is 11.4 Å². The van der Waals surface area contributed by atoms with E-state index in [0.717, 1.165) is 23.2 Å². The number of hydrogen-bond donors (Lipinski definition) is 2. The molecule has 108 valence electrons. The number of carboxylic acids is 1. The fraction of sp³-hybridized carbons (Fsp3) is 0.500. The Morgan fingerprint density at radius 1 is 1.30 bits per heavy atom. The number of anilines is 1. The van der Waals surface area contributed by atoms with E-state index in [-0.39, 0.29) is 11.8 Å². The van der Waals surface area contributed by atoms with Crippen LogP contribution in [0.5, 0.6) is 0 Å². The molecule has 1 aliphatic rings. The lowest BCUT2D eigenvalue weighted by molar-refractivity contribution is -0.159. The number of hydrogen-bond acceptors (Lipinski definition) is 2. The lowest BCUT2D eigenvalue weighted by Gasteiger charge is -2.36. The van der Waals surface area contributed by atoms with Gasteiger partial charge >= 0.3 is 5.97 Å². The van der Waals surface area contributed by atoms with Crippen LogP contribution in [0.25, 0.3) is 0 Å². The summed E-state index contributed by atoms with van der Waals surface area (Å²) in [5.41, 5.74) is 1.54. The molecule has 0 aliphatic heterocycles. The van der Waals surface area contributed by atoms with E-state index in [2.05, 4.69) is 19.2 Å². The average Bonchev–Trinajstić information content (AvgIpc) is 2.29. The highest BCUT2D eigenvalue weighted by Crippen LogP contribution is 2.42. The number of carbonyl (C=O) groups excluding carboxylic acids is 1. The van der Waals surface area contributed by atoms with E-state index >= 15 is 0 Å². The molecule has 0 unspecified atom stereocenters. The van der Waals surface area contributed by atoms with Crippen molar-refractivity contribution >= 4 is 17.6 Å². The number of benzene rings is 1. The molecule has 0 spiro atoms. The van der Waals surface area contributed by atoms with Gasteiger partial charge < -0.3 is 10.4 Å². The molecule has 0 atom stereocenters. The molecule has 0 radical (unpaired) electrons. The maximum atomic E-state index is 12.4. The van der Waals surface area contributed by atoms with Crippen molar-refractivity contribution in [3.05, 3.63) is 29.3 Å². The Kier molecular flexibility index (Phi) is 3.84. The Morgan fingerprint density at radius 2 is 1.95 bits per heavy atom. The first-order valence-corrected chi connectivity index (χ1v) is 7.03. The van der Waals surface area contributed by atoms with Crippen LogP contribution in [-0.4, -0.2) is 17.0 Å². The molecule has 2 N–H and O–H groups in total. The van der Waals surface area contributed by atoms with Gasteiger partial charge in [0.05, 0.1) is 0 Å². The fourth-order valence-corrected chi connectivity index (χ4v) is 2.64. The molecule has 1 aromatic rings. The highest BCUT2D eigenvalue weighted by atomic mass is 16.4. The average molecular weight is 275 g/mol. The summed E-state index contributed by atoms with van der Waals surface area (Å²) in [6.45, 7) is 6.04. The van der Waals surface area contributed by atoms with Crippen LogP contribution in [0.15, 0.2) is 18.2 Å². The van der Waals surface area contributed by atoms with Crippen molar-refractivity contribution in [1.82, 2.24) is 0 Å². The van der Waals surface area contributed by atoms with Crippen molar-refractivity contribution in [2.45, 2.75) is 46.0 Å². The molecule has 20 heavy (non-hydrogen) atoms. The first-order valence-electron chi connectivity index (χ1n) is 7.03. The van der Waals surface area contributed by atoms with Gasteiger partial charge in [-0.2, -0.15) is 0 Å². The van der Waals surface area contributed by atoms with E-state index in [9.17, 15) is 14.7 Å². The van der Waals surface area contributed by atoms with Crippen LogP contribution in [0.1, 0.15) is 50.2 Å². The standard InChI is InChI=1S/C16H21NO3/c1-10(2)12-7-4-6-11(3)13(12)17-14(18)16(15(19)20)8-5-9-16/h4,6-7,10H,5,8-9H2,1-3H3,(H,17,18)(H,19,20). The molecule has 0 bridgehead atoms. The number of rotatable bonds is 4. The molecule has 0 heterocycles. The summed E-state index contributed by atoms with van der Waals surface area (Å²) in [4.78, 5) is 23.8. The molecule has 4 heteroatoms. The molecule has 4 nitrogen and oxygen atoms in total. The van der Waals surface area contributed by atoms with Crippen LogP contribution in [0.2, 0.25) is 0 Å². The highest BCUT2D eigenvalue weighted by Gasteiger charge is 2.51. The van der Waals surface area contributed by atoms with Gasteiger partial charge in [0.1, 0.15) is 5.41 Å². The lowest BCUT2D eigenvalue weighted by atomic mass is 9.68. The van der Waals surface area contributed by atoms with Gasteiger partial charge in [-0.25, -0.2) is 0 Å². The zero-order valence-corrected chi connectivity index (χ0v) is 12.2. The summed E-state index contributed by atoms with van der Waals surface area (Å²) in [5, 5.41) is 12.2. The maximum Gasteiger partial charge on any atom is 0.319 e. The van der Waals surface area contributed by atoms with Crippen LogP contribution in [0.4, 0.5) is 5.69 Å². The first-order chi connectivity index (χ1) is 9.38. The lowest BCUT2D eigenvalue weighted by Crippen LogP contribution is -2.48. The van der Waals surface area contributed by atoms with Crippen LogP contribution in [-0.2, 0) is 9.59 Å². The largest absolute Gasteiger partial charge is 0.480 e. The number of para-hydroxylation sites is 1. The van der Waals surface area contributed by atoms with Gasteiger partial charge in [-0.15, -0.1) is 0 Å². The van der Waals surface area contributed by atoms with E-state index in [1.807, 2.05) is 25.1 Å². The molecule has 1 amide bonds. The minimum Gasteiger partial charge on any atom is -0.480 e. The third-order valence-electron chi connectivity index (χ3n) is 4.22. The van der Waals surface area contributed by atoms with Crippen molar-refractivity contribution in [1.29, 1.82) is 0 Å².